The zero-order valence-electron chi connectivity index (χ0n) is 10.3. The number of hydrogen-bond donors (Lipinski definition) is 2. The minimum absolute atomic E-state index is 0.106. The Bertz CT molecular complexity index is 663. The molecule has 4 N–H and O–H groups in total. The minimum atomic E-state index is -3.62. The Hall–Kier alpha value is -1.02. The van der Waals surface area contributed by atoms with E-state index in [0.717, 1.165) is 0 Å². The maximum Gasteiger partial charge on any atom is 0.227 e. The van der Waals surface area contributed by atoms with Crippen LogP contribution in [0.5, 0.6) is 0 Å². The smallest absolute Gasteiger partial charge is 0.227 e. The molecule has 20 heavy (non-hydrogen) atoms. The van der Waals surface area contributed by atoms with Crippen LogP contribution in [0.1, 0.15) is 6.42 Å². The van der Waals surface area contributed by atoms with Crippen LogP contribution in [-0.4, -0.2) is 26.6 Å². The monoisotopic (exact) mass is 337 g/mol. The van der Waals surface area contributed by atoms with Crippen LogP contribution in [0.3, 0.4) is 0 Å². The number of hydrogen-bond acceptors (Lipinski definition) is 4. The molecule has 0 spiro atoms. The quantitative estimate of drug-likeness (QED) is 0.808. The molecule has 1 atom stereocenters. The highest BCUT2D eigenvalue weighted by atomic mass is 35.5. The van der Waals surface area contributed by atoms with Gasteiger partial charge >= 0.3 is 0 Å². The van der Waals surface area contributed by atoms with Gasteiger partial charge in [-0.25, -0.2) is 13.6 Å². The Morgan fingerprint density at radius 2 is 1.95 bits per heavy atom. The topological polar surface area (TPSA) is 106 Å². The van der Waals surface area contributed by atoms with Crippen LogP contribution in [0.2, 0.25) is 10.0 Å². The summed E-state index contributed by atoms with van der Waals surface area (Å²) in [6, 6.07) is 2.95. The second kappa shape index (κ2) is 5.40. The van der Waals surface area contributed by atoms with Crippen molar-refractivity contribution in [2.24, 2.45) is 11.1 Å². The molecule has 2 rings (SSSR count). The van der Waals surface area contributed by atoms with Crippen molar-refractivity contribution in [1.29, 1.82) is 0 Å². The van der Waals surface area contributed by atoms with Crippen molar-refractivity contribution < 1.29 is 13.2 Å². The SMILES string of the molecule is Nc1cc(Cl)c(N2CC(CS(N)(=O)=O)CC2=O)cc1Cl. The van der Waals surface area contributed by atoms with Crippen molar-refractivity contribution in [2.45, 2.75) is 6.42 Å². The lowest BCUT2D eigenvalue weighted by Gasteiger charge is -2.19. The Morgan fingerprint density at radius 1 is 1.30 bits per heavy atom. The van der Waals surface area contributed by atoms with E-state index in [-0.39, 0.29) is 40.6 Å². The average molecular weight is 338 g/mol. The molecule has 110 valence electrons. The first kappa shape index (κ1) is 15.4. The summed E-state index contributed by atoms with van der Waals surface area (Å²) in [5, 5.41) is 5.57. The first-order chi connectivity index (χ1) is 9.17. The van der Waals surface area contributed by atoms with Crippen molar-refractivity contribution in [3.05, 3.63) is 22.2 Å². The van der Waals surface area contributed by atoms with Gasteiger partial charge in [-0.15, -0.1) is 0 Å². The first-order valence-corrected chi connectivity index (χ1v) is 8.20. The van der Waals surface area contributed by atoms with E-state index in [1.165, 1.54) is 17.0 Å². The van der Waals surface area contributed by atoms with Gasteiger partial charge in [0.1, 0.15) is 0 Å². The number of carbonyl (C=O) groups is 1. The van der Waals surface area contributed by atoms with Gasteiger partial charge in [-0.1, -0.05) is 23.2 Å². The standard InChI is InChI=1S/C11H13Cl2N3O3S/c12-7-3-10(8(13)2-9(7)14)16-4-6(1-11(16)17)5-20(15,18)19/h2-3,6H,1,4-5,14H2,(H2,15,18,19). The van der Waals surface area contributed by atoms with Crippen molar-refractivity contribution in [2.75, 3.05) is 22.9 Å². The maximum atomic E-state index is 12.0. The van der Waals surface area contributed by atoms with Crippen LogP contribution < -0.4 is 15.8 Å². The lowest BCUT2D eigenvalue weighted by atomic mass is 10.1. The third-order valence-corrected chi connectivity index (χ3v) is 4.60. The Kier molecular flexibility index (Phi) is 4.15. The van der Waals surface area contributed by atoms with E-state index in [4.69, 9.17) is 34.1 Å². The molecule has 1 aliphatic heterocycles. The summed E-state index contributed by atoms with van der Waals surface area (Å²) < 4.78 is 22.2. The molecule has 1 heterocycles. The van der Waals surface area contributed by atoms with Gasteiger partial charge in [0.25, 0.3) is 0 Å². The van der Waals surface area contributed by atoms with E-state index in [1.54, 1.807) is 0 Å². The number of rotatable bonds is 3. The summed E-state index contributed by atoms with van der Waals surface area (Å²) in [6.45, 7) is 0.231. The lowest BCUT2D eigenvalue weighted by molar-refractivity contribution is -0.117. The number of nitrogens with zero attached hydrogens (tertiary/aromatic N) is 1. The third kappa shape index (κ3) is 3.35. The number of nitrogen functional groups attached to an aromatic ring is 1. The van der Waals surface area contributed by atoms with E-state index in [1.807, 2.05) is 0 Å². The highest BCUT2D eigenvalue weighted by molar-refractivity contribution is 7.89. The molecule has 1 aromatic rings. The molecule has 6 nitrogen and oxygen atoms in total. The summed E-state index contributed by atoms with van der Waals surface area (Å²) in [4.78, 5) is 13.4. The predicted molar refractivity (Wildman–Crippen MR) is 79.3 cm³/mol. The molecule has 0 bridgehead atoms. The molecule has 1 aromatic carbocycles. The van der Waals surface area contributed by atoms with E-state index in [2.05, 4.69) is 0 Å². The highest BCUT2D eigenvalue weighted by Crippen LogP contribution is 2.36. The number of primary sulfonamides is 1. The lowest BCUT2D eigenvalue weighted by Crippen LogP contribution is -2.27. The Balaban J connectivity index is 2.26. The normalized spacial score (nSPS) is 19.6. The summed E-state index contributed by atoms with van der Waals surface area (Å²) >= 11 is 12.0. The van der Waals surface area contributed by atoms with Crippen LogP contribution >= 0.6 is 23.2 Å². The number of amides is 1. The second-order valence-electron chi connectivity index (χ2n) is 4.73. The molecule has 1 amide bonds. The van der Waals surface area contributed by atoms with E-state index >= 15 is 0 Å². The van der Waals surface area contributed by atoms with Crippen molar-refractivity contribution in [3.8, 4) is 0 Å². The summed E-state index contributed by atoms with van der Waals surface area (Å²) in [7, 11) is -3.62. The Labute approximate surface area is 126 Å². The number of anilines is 2. The van der Waals surface area contributed by atoms with Crippen molar-refractivity contribution >= 4 is 50.5 Å². The number of benzene rings is 1. The summed E-state index contributed by atoms with van der Waals surface area (Å²) in [5.74, 6) is -0.818. The molecular weight excluding hydrogens is 325 g/mol. The molecule has 0 radical (unpaired) electrons. The van der Waals surface area contributed by atoms with Crippen molar-refractivity contribution in [3.63, 3.8) is 0 Å². The first-order valence-electron chi connectivity index (χ1n) is 5.72. The number of carbonyl (C=O) groups excluding carboxylic acids is 1. The zero-order chi connectivity index (χ0) is 15.1. The fraction of sp³-hybridized carbons (Fsp3) is 0.364. The van der Waals surface area contributed by atoms with Gasteiger partial charge < -0.3 is 10.6 Å². The third-order valence-electron chi connectivity index (χ3n) is 3.03. The van der Waals surface area contributed by atoms with Gasteiger partial charge in [0, 0.05) is 18.9 Å². The molecule has 0 aliphatic carbocycles. The fourth-order valence-corrected chi connectivity index (χ4v) is 3.53. The number of halogens is 2. The minimum Gasteiger partial charge on any atom is -0.397 e. The van der Waals surface area contributed by atoms with Crippen molar-refractivity contribution in [1.82, 2.24) is 0 Å². The summed E-state index contributed by atoms with van der Waals surface area (Å²) in [5.41, 5.74) is 6.35. The van der Waals surface area contributed by atoms with Crippen LogP contribution in [0.4, 0.5) is 11.4 Å². The molecular formula is C11H13Cl2N3O3S. The highest BCUT2D eigenvalue weighted by Gasteiger charge is 2.33. The van der Waals surface area contributed by atoms with E-state index < -0.39 is 10.0 Å². The second-order valence-corrected chi connectivity index (χ2v) is 7.20. The molecule has 9 heteroatoms. The largest absolute Gasteiger partial charge is 0.397 e. The molecule has 1 aliphatic rings. The van der Waals surface area contributed by atoms with Gasteiger partial charge in [-0.2, -0.15) is 0 Å². The Morgan fingerprint density at radius 3 is 2.55 bits per heavy atom. The summed E-state index contributed by atoms with van der Waals surface area (Å²) in [6.07, 6.45) is 0.106. The molecule has 0 aromatic heterocycles. The molecule has 1 saturated heterocycles. The van der Waals surface area contributed by atoms with Crippen LogP contribution in [0, 0.1) is 5.92 Å². The van der Waals surface area contributed by atoms with Gasteiger partial charge in [-0.05, 0) is 12.1 Å². The number of sulfonamides is 1. The van der Waals surface area contributed by atoms with E-state index in [0.29, 0.717) is 11.4 Å². The van der Waals surface area contributed by atoms with E-state index in [9.17, 15) is 13.2 Å². The number of nitrogens with two attached hydrogens (primary N) is 2. The predicted octanol–water partition coefficient (Wildman–Crippen LogP) is 1.22. The van der Waals surface area contributed by atoms with Crippen LogP contribution in [0.25, 0.3) is 0 Å². The molecule has 0 saturated carbocycles. The average Bonchev–Trinajstić information content (AvgIpc) is 2.62. The molecule has 1 fully saturated rings. The van der Waals surface area contributed by atoms with Crippen LogP contribution in [-0.2, 0) is 14.8 Å². The fourth-order valence-electron chi connectivity index (χ4n) is 2.21. The van der Waals surface area contributed by atoms with Gasteiger partial charge in [0.15, 0.2) is 0 Å². The zero-order valence-corrected chi connectivity index (χ0v) is 12.7. The van der Waals surface area contributed by atoms with Gasteiger partial charge in [0.05, 0.1) is 27.2 Å². The maximum absolute atomic E-state index is 12.0. The van der Waals surface area contributed by atoms with Gasteiger partial charge in [-0.3, -0.25) is 4.79 Å². The van der Waals surface area contributed by atoms with Gasteiger partial charge in [0.2, 0.25) is 15.9 Å². The molecule has 1 unspecified atom stereocenters. The van der Waals surface area contributed by atoms with Crippen LogP contribution in [0.15, 0.2) is 12.1 Å².